The van der Waals surface area contributed by atoms with E-state index in [2.05, 4.69) is 43.3 Å². The Kier molecular flexibility index (Phi) is 3.76. The first-order valence-electron chi connectivity index (χ1n) is 11.4. The molecule has 2 fully saturated rings. The van der Waals surface area contributed by atoms with E-state index >= 15 is 0 Å². The molecule has 0 amide bonds. The molecule has 152 valence electrons. The van der Waals surface area contributed by atoms with Gasteiger partial charge in [-0.2, -0.15) is 0 Å². The third-order valence-electron chi connectivity index (χ3n) is 9.29. The summed E-state index contributed by atoms with van der Waals surface area (Å²) in [7, 11) is 0. The van der Waals surface area contributed by atoms with Crippen LogP contribution in [0, 0.1) is 28.6 Å². The predicted molar refractivity (Wildman–Crippen MR) is 115 cm³/mol. The highest BCUT2D eigenvalue weighted by Crippen LogP contribution is 2.66. The van der Waals surface area contributed by atoms with Gasteiger partial charge in [0.25, 0.3) is 0 Å². The minimum Gasteiger partial charge on any atom is -0.393 e. The molecule has 4 aliphatic carbocycles. The summed E-state index contributed by atoms with van der Waals surface area (Å²) in [6, 6.07) is 8.30. The Morgan fingerprint density at radius 3 is 2.72 bits per heavy atom. The Balaban J connectivity index is 1.36. The van der Waals surface area contributed by atoms with E-state index in [1.54, 1.807) is 5.57 Å². The maximum Gasteiger partial charge on any atom is 0.170 e. The molecule has 6 rings (SSSR count). The van der Waals surface area contributed by atoms with E-state index in [0.717, 1.165) is 54.2 Å². The van der Waals surface area contributed by atoms with Gasteiger partial charge < -0.3 is 9.63 Å². The smallest absolute Gasteiger partial charge is 0.170 e. The first-order valence-corrected chi connectivity index (χ1v) is 11.4. The summed E-state index contributed by atoms with van der Waals surface area (Å²) in [6.45, 7) is 4.98. The first-order chi connectivity index (χ1) is 14.0. The van der Waals surface area contributed by atoms with E-state index in [1.807, 2.05) is 12.1 Å². The number of rotatable bonds is 1. The van der Waals surface area contributed by atoms with Gasteiger partial charge in [0.1, 0.15) is 5.52 Å². The summed E-state index contributed by atoms with van der Waals surface area (Å²) < 4.78 is 5.91. The van der Waals surface area contributed by atoms with E-state index < -0.39 is 0 Å². The molecular weight excluding hydrogens is 358 g/mol. The van der Waals surface area contributed by atoms with Crippen LogP contribution in [0.5, 0.6) is 0 Å². The van der Waals surface area contributed by atoms with Gasteiger partial charge >= 0.3 is 0 Å². The average Bonchev–Trinajstić information content (AvgIpc) is 3.29. The minimum atomic E-state index is -0.126. The highest BCUT2D eigenvalue weighted by molar-refractivity contribution is 5.91. The van der Waals surface area contributed by atoms with Crippen molar-refractivity contribution in [3.8, 4) is 0 Å². The molecule has 1 aromatic heterocycles. The van der Waals surface area contributed by atoms with Crippen LogP contribution in [0.2, 0.25) is 0 Å². The van der Waals surface area contributed by atoms with Crippen LogP contribution >= 0.6 is 0 Å². The molecule has 3 nitrogen and oxygen atoms in total. The van der Waals surface area contributed by atoms with E-state index in [1.165, 1.54) is 24.8 Å². The maximum atomic E-state index is 10.2. The number of aliphatic hydroxyl groups excluding tert-OH is 1. The lowest BCUT2D eigenvalue weighted by atomic mass is 9.47. The van der Waals surface area contributed by atoms with Crippen molar-refractivity contribution in [3.05, 3.63) is 47.8 Å². The molecule has 0 unspecified atom stereocenters. The van der Waals surface area contributed by atoms with Gasteiger partial charge in [0.2, 0.25) is 0 Å². The molecule has 0 radical (unpaired) electrons. The fraction of sp³-hybridized carbons (Fsp3) is 0.577. The lowest BCUT2D eigenvalue weighted by Gasteiger charge is -2.57. The van der Waals surface area contributed by atoms with Gasteiger partial charge in [0, 0.05) is 11.0 Å². The van der Waals surface area contributed by atoms with Crippen molar-refractivity contribution in [1.82, 2.24) is 5.16 Å². The Labute approximate surface area is 172 Å². The summed E-state index contributed by atoms with van der Waals surface area (Å²) in [5, 5.41) is 15.7. The molecule has 1 N–H and O–H groups in total. The number of nitrogens with zero attached hydrogens (tertiary/aromatic N) is 1. The Hall–Kier alpha value is -1.87. The molecule has 6 atom stereocenters. The molecule has 0 saturated heterocycles. The number of benzene rings is 1. The van der Waals surface area contributed by atoms with Crippen molar-refractivity contribution in [2.24, 2.45) is 28.6 Å². The number of aliphatic hydroxyl groups is 1. The Morgan fingerprint density at radius 1 is 1.00 bits per heavy atom. The zero-order valence-corrected chi connectivity index (χ0v) is 17.5. The van der Waals surface area contributed by atoms with Crippen LogP contribution in [0.1, 0.15) is 64.6 Å². The van der Waals surface area contributed by atoms with Crippen molar-refractivity contribution in [3.63, 3.8) is 0 Å². The number of hydrogen-bond donors (Lipinski definition) is 1. The quantitative estimate of drug-likeness (QED) is 0.596. The number of aromatic nitrogens is 1. The minimum absolute atomic E-state index is 0.126. The van der Waals surface area contributed by atoms with Crippen LogP contribution in [0.3, 0.4) is 0 Å². The third kappa shape index (κ3) is 2.37. The number of hydrogen-bond acceptors (Lipinski definition) is 3. The fourth-order valence-electron chi connectivity index (χ4n) is 7.64. The van der Waals surface area contributed by atoms with E-state index in [0.29, 0.717) is 11.3 Å². The van der Waals surface area contributed by atoms with E-state index in [9.17, 15) is 5.11 Å². The maximum absolute atomic E-state index is 10.2. The summed E-state index contributed by atoms with van der Waals surface area (Å²) in [6.07, 6.45) is 12.7. The molecule has 1 aromatic carbocycles. The largest absolute Gasteiger partial charge is 0.393 e. The highest BCUT2D eigenvalue weighted by Gasteiger charge is 2.57. The topological polar surface area (TPSA) is 46.3 Å². The van der Waals surface area contributed by atoms with Crippen molar-refractivity contribution in [2.45, 2.75) is 64.9 Å². The average molecular weight is 390 g/mol. The van der Waals surface area contributed by atoms with Crippen LogP contribution in [0.15, 0.2) is 46.5 Å². The molecule has 2 aromatic rings. The van der Waals surface area contributed by atoms with Gasteiger partial charge in [-0.25, -0.2) is 0 Å². The summed E-state index contributed by atoms with van der Waals surface area (Å²) in [5.41, 5.74) is 4.38. The SMILES string of the molecule is C[C@]12CC[C@@H](O)CC1=CC[C@@H]1[C@@H]2CC[C@]2(C)C(c3onc4ccccc34)=CC[C@@H]12. The molecule has 4 aliphatic rings. The summed E-state index contributed by atoms with van der Waals surface area (Å²) >= 11 is 0. The van der Waals surface area contributed by atoms with Gasteiger partial charge in [-0.1, -0.05) is 48.9 Å². The zero-order valence-electron chi connectivity index (χ0n) is 17.5. The van der Waals surface area contributed by atoms with Crippen LogP contribution in [-0.4, -0.2) is 16.4 Å². The normalized spacial score (nSPS) is 41.3. The number of allylic oxidation sites excluding steroid dienone is 3. The van der Waals surface area contributed by atoms with Crippen molar-refractivity contribution in [2.75, 3.05) is 0 Å². The monoisotopic (exact) mass is 389 g/mol. The predicted octanol–water partition coefficient (Wildman–Crippen LogP) is 6.14. The molecule has 0 aliphatic heterocycles. The number of fused-ring (bicyclic) bond motifs is 6. The molecule has 0 bridgehead atoms. The molecule has 2 saturated carbocycles. The molecular formula is C26H31NO2. The second-order valence-electron chi connectivity index (χ2n) is 10.5. The Bertz CT molecular complexity index is 1030. The second kappa shape index (κ2) is 6.07. The molecule has 3 heteroatoms. The lowest BCUT2D eigenvalue weighted by molar-refractivity contribution is -0.0241. The lowest BCUT2D eigenvalue weighted by Crippen LogP contribution is -2.49. The van der Waals surface area contributed by atoms with E-state index in [4.69, 9.17) is 4.52 Å². The van der Waals surface area contributed by atoms with Crippen LogP contribution in [0.25, 0.3) is 16.5 Å². The van der Waals surface area contributed by atoms with Crippen LogP contribution < -0.4 is 0 Å². The zero-order chi connectivity index (χ0) is 19.8. The fourth-order valence-corrected chi connectivity index (χ4v) is 7.64. The third-order valence-corrected chi connectivity index (χ3v) is 9.29. The van der Waals surface area contributed by atoms with Crippen molar-refractivity contribution in [1.29, 1.82) is 0 Å². The second-order valence-corrected chi connectivity index (χ2v) is 10.5. The van der Waals surface area contributed by atoms with Gasteiger partial charge in [0.15, 0.2) is 5.76 Å². The summed E-state index contributed by atoms with van der Waals surface area (Å²) in [5.74, 6) is 3.18. The Morgan fingerprint density at radius 2 is 1.83 bits per heavy atom. The standard InChI is InChI=1S/C26H31NO2/c1-25-13-11-17(28)15-16(25)7-8-18-20-9-10-22(26(20,2)14-12-21(18)25)24-19-5-3-4-6-23(19)27-29-24/h3-7,10,17-18,20-21,28H,8-9,11-15H2,1-2H3/t17-,18+,20+,21+,25+,26+/m1/s1. The van der Waals surface area contributed by atoms with E-state index in [-0.39, 0.29) is 11.5 Å². The van der Waals surface area contributed by atoms with Gasteiger partial charge in [-0.3, -0.25) is 0 Å². The van der Waals surface area contributed by atoms with Gasteiger partial charge in [-0.05, 0) is 85.7 Å². The van der Waals surface area contributed by atoms with Crippen LogP contribution in [-0.2, 0) is 0 Å². The van der Waals surface area contributed by atoms with Crippen molar-refractivity contribution >= 4 is 16.5 Å². The molecule has 1 heterocycles. The highest BCUT2D eigenvalue weighted by atomic mass is 16.5. The van der Waals surface area contributed by atoms with Gasteiger partial charge in [0.05, 0.1) is 6.10 Å². The first kappa shape index (κ1) is 17.9. The van der Waals surface area contributed by atoms with Crippen LogP contribution in [0.4, 0.5) is 0 Å². The summed E-state index contributed by atoms with van der Waals surface area (Å²) in [4.78, 5) is 0. The van der Waals surface area contributed by atoms with Crippen molar-refractivity contribution < 1.29 is 9.63 Å². The molecule has 29 heavy (non-hydrogen) atoms. The molecule has 0 spiro atoms. The van der Waals surface area contributed by atoms with Gasteiger partial charge in [-0.15, -0.1) is 0 Å².